The van der Waals surface area contributed by atoms with Crippen molar-refractivity contribution in [1.29, 1.82) is 0 Å². The van der Waals surface area contributed by atoms with Crippen molar-refractivity contribution >= 4 is 59.3 Å². The van der Waals surface area contributed by atoms with Crippen LogP contribution >= 0.6 is 0 Å². The van der Waals surface area contributed by atoms with E-state index in [0.717, 1.165) is 0 Å². The van der Waals surface area contributed by atoms with Gasteiger partial charge >= 0.3 is 41.9 Å². The molecule has 4 heteroatoms. The van der Waals surface area contributed by atoms with Crippen LogP contribution in [0.15, 0.2) is 0 Å². The van der Waals surface area contributed by atoms with Crippen molar-refractivity contribution < 1.29 is 17.1 Å². The Hall–Kier alpha value is 2.42. The normalized spacial score (nSPS) is 0. The molecule has 0 aliphatic rings. The first-order valence-corrected chi connectivity index (χ1v) is 0. The van der Waals surface area contributed by atoms with Gasteiger partial charge in [0.05, 0.1) is 0 Å². The topological polar surface area (TPSA) is 0 Å². The molecule has 0 rings (SSSR count). The zero-order valence-corrected chi connectivity index (χ0v) is 1.24. The maximum atomic E-state index is 0. The summed E-state index contributed by atoms with van der Waals surface area (Å²) in [7, 11) is 0. The van der Waals surface area contributed by atoms with Crippen molar-refractivity contribution in [3.8, 4) is 0 Å². The molecule has 4 heavy (non-hydrogen) atoms. The molecule has 0 saturated heterocycles. The molecule has 0 aromatic rings. The Morgan fingerprint density at radius 2 is 1.00 bits per heavy atom. The van der Waals surface area contributed by atoms with Crippen LogP contribution in [0.5, 0.6) is 0 Å². The third kappa shape index (κ3) is 8.83. The zero-order chi connectivity index (χ0) is 0. The maximum absolute atomic E-state index is 0. The molecule has 0 aliphatic heterocycles. The third-order valence-corrected chi connectivity index (χ3v) is 0. The summed E-state index contributed by atoms with van der Waals surface area (Å²) in [6.07, 6.45) is 0. The number of rotatable bonds is 0. The van der Waals surface area contributed by atoms with Crippen LogP contribution in [0.4, 0.5) is 0 Å². The third-order valence-electron chi connectivity index (χ3n) is 0. The average Bonchev–Trinajstić information content (AvgIpc) is 0. The van der Waals surface area contributed by atoms with Crippen LogP contribution in [0.2, 0.25) is 0 Å². The average molecular weight is 128 g/mol. The van der Waals surface area contributed by atoms with E-state index in [1.807, 2.05) is 0 Å². The summed E-state index contributed by atoms with van der Waals surface area (Å²) >= 11 is 0. The molecule has 0 aromatic carbocycles. The molecule has 0 nitrogen and oxygen atoms in total. The van der Waals surface area contributed by atoms with Gasteiger partial charge in [0, 0.05) is 17.1 Å². The molecule has 0 amide bonds. The number of hydrogen-bond acceptors (Lipinski definition) is 0. The van der Waals surface area contributed by atoms with Gasteiger partial charge in [-0.25, -0.2) is 0 Å². The summed E-state index contributed by atoms with van der Waals surface area (Å²) in [6, 6.07) is 0. The quantitative estimate of drug-likeness (QED) is 0.310. The molecule has 0 bridgehead atoms. The Balaban J connectivity index is 0. The molecule has 0 atom stereocenters. The minimum absolute atomic E-state index is 0. The molecule has 0 heterocycles. The van der Waals surface area contributed by atoms with Gasteiger partial charge in [0.15, 0.2) is 17.4 Å². The van der Waals surface area contributed by atoms with Gasteiger partial charge < -0.3 is 0 Å². The molecular weight excluding hydrogens is 122 g/mol. The summed E-state index contributed by atoms with van der Waals surface area (Å²) < 4.78 is 0. The predicted octanol–water partition coefficient (Wildman–Crippen LogP) is -2.75. The van der Waals surface area contributed by atoms with E-state index < -0.39 is 0 Å². The van der Waals surface area contributed by atoms with Gasteiger partial charge in [-0.3, -0.25) is 0 Å². The standard InChI is InChI=1S/Al.Cu.Li.Mg.6H. The number of hydrogen-bond donors (Lipinski definition) is 0. The summed E-state index contributed by atoms with van der Waals surface area (Å²) in [5.41, 5.74) is 0. The van der Waals surface area contributed by atoms with E-state index in [1.165, 1.54) is 0 Å². The zero-order valence-electron chi connectivity index (χ0n) is 0.302. The van der Waals surface area contributed by atoms with E-state index in [1.54, 1.807) is 0 Å². The fourth-order valence-electron chi connectivity index (χ4n) is 0. The van der Waals surface area contributed by atoms with Crippen LogP contribution in [0.3, 0.4) is 0 Å². The van der Waals surface area contributed by atoms with E-state index in [9.17, 15) is 0 Å². The first-order chi connectivity index (χ1) is 0. The van der Waals surface area contributed by atoms with E-state index in [-0.39, 0.29) is 76.3 Å². The van der Waals surface area contributed by atoms with Crippen LogP contribution in [-0.2, 0) is 17.1 Å². The summed E-state index contributed by atoms with van der Waals surface area (Å²) in [5.74, 6) is 0. The van der Waals surface area contributed by atoms with Crippen molar-refractivity contribution in [3.63, 3.8) is 0 Å². The molecule has 0 spiro atoms. The summed E-state index contributed by atoms with van der Waals surface area (Å²) in [6.45, 7) is 0. The van der Waals surface area contributed by atoms with Crippen molar-refractivity contribution in [1.82, 2.24) is 0 Å². The van der Waals surface area contributed by atoms with Gasteiger partial charge in [-0.1, -0.05) is 0 Å². The molecular formula is H6AlCuLiMg. The van der Waals surface area contributed by atoms with Gasteiger partial charge in [-0.2, -0.15) is 0 Å². The molecule has 0 N–H and O–H groups in total. The summed E-state index contributed by atoms with van der Waals surface area (Å²) in [4.78, 5) is 0. The smallest absolute Gasteiger partial charge is 0.316 e. The molecule has 0 unspecified atom stereocenters. The Bertz CT molecular complexity index is 8.00. The van der Waals surface area contributed by atoms with Gasteiger partial charge in [-0.15, -0.1) is 0 Å². The summed E-state index contributed by atoms with van der Waals surface area (Å²) in [5, 5.41) is 0. The molecule has 0 saturated carbocycles. The first kappa shape index (κ1) is 32.2. The second kappa shape index (κ2) is 18.1. The molecule has 0 aromatic heterocycles. The molecule has 0 aliphatic carbocycles. The molecule has 23 valence electrons. The van der Waals surface area contributed by atoms with Crippen LogP contribution in [-0.4, -0.2) is 59.3 Å². The second-order valence-electron chi connectivity index (χ2n) is 0. The van der Waals surface area contributed by atoms with Gasteiger partial charge in [0.25, 0.3) is 0 Å². The van der Waals surface area contributed by atoms with E-state index in [0.29, 0.717) is 0 Å². The van der Waals surface area contributed by atoms with Gasteiger partial charge in [0.1, 0.15) is 0 Å². The van der Waals surface area contributed by atoms with Gasteiger partial charge in [0.2, 0.25) is 0 Å². The minimum atomic E-state index is 0. The van der Waals surface area contributed by atoms with Crippen molar-refractivity contribution in [2.24, 2.45) is 0 Å². The fourth-order valence-corrected chi connectivity index (χ4v) is 0. The predicted molar refractivity (Wildman–Crippen MR) is 25.6 cm³/mol. The molecule has 0 fully saturated rings. The van der Waals surface area contributed by atoms with Crippen molar-refractivity contribution in [3.05, 3.63) is 0 Å². The Labute approximate surface area is 75.4 Å². The van der Waals surface area contributed by atoms with E-state index in [4.69, 9.17) is 0 Å². The van der Waals surface area contributed by atoms with Crippen LogP contribution < -0.4 is 0 Å². The SMILES string of the molecule is [AlH3].[Cu].[LiH].[MgH2]. The Morgan fingerprint density at radius 1 is 1.00 bits per heavy atom. The van der Waals surface area contributed by atoms with E-state index >= 15 is 0 Å². The van der Waals surface area contributed by atoms with Crippen LogP contribution in [0.1, 0.15) is 0 Å². The van der Waals surface area contributed by atoms with Gasteiger partial charge in [-0.05, 0) is 0 Å². The van der Waals surface area contributed by atoms with Crippen molar-refractivity contribution in [2.45, 2.75) is 0 Å². The Morgan fingerprint density at radius 3 is 1.00 bits per heavy atom. The monoisotopic (exact) mass is 127 g/mol. The van der Waals surface area contributed by atoms with Crippen LogP contribution in [0, 0.1) is 0 Å². The first-order valence-electron chi connectivity index (χ1n) is 0. The minimum Gasteiger partial charge on any atom is 0.316 e. The van der Waals surface area contributed by atoms with E-state index in [2.05, 4.69) is 0 Å². The fraction of sp³-hybridized carbons (Fsp3) is 0. The largest absolute Gasteiger partial charge is 0.316 e. The molecule has 1 radical (unpaired) electrons. The second-order valence-corrected chi connectivity index (χ2v) is 0. The van der Waals surface area contributed by atoms with Crippen molar-refractivity contribution in [2.75, 3.05) is 0 Å². The van der Waals surface area contributed by atoms with Crippen LogP contribution in [0.25, 0.3) is 0 Å². The Kier molecular flexibility index (Phi) is 146. The maximum Gasteiger partial charge on any atom is 0.316 e.